The van der Waals surface area contributed by atoms with Crippen LogP contribution in [0.15, 0.2) is 47.7 Å². The minimum Gasteiger partial charge on any atom is -0.357 e. The van der Waals surface area contributed by atoms with Crippen LogP contribution in [0.25, 0.3) is 0 Å². The first-order valence-corrected chi connectivity index (χ1v) is 11.1. The Bertz CT molecular complexity index is 738. The molecule has 0 aliphatic carbocycles. The number of hydrogen-bond donors (Lipinski definition) is 2. The van der Waals surface area contributed by atoms with E-state index in [0.29, 0.717) is 6.54 Å². The molecule has 1 saturated heterocycles. The lowest BCUT2D eigenvalue weighted by Gasteiger charge is -2.32. The van der Waals surface area contributed by atoms with Crippen molar-refractivity contribution in [1.29, 1.82) is 0 Å². The molecule has 6 nitrogen and oxygen atoms in total. The molecule has 3 rings (SSSR count). The number of aliphatic imine (C=N–C) groups is 1. The number of likely N-dealkylation sites (tertiary alicyclic amines) is 1. The molecule has 0 amide bonds. The number of rotatable bonds is 9. The average Bonchev–Trinajstić information content (AvgIpc) is 3.25. The Labute approximate surface area is 198 Å². The smallest absolute Gasteiger partial charge is 0.191 e. The number of hydrogen-bond acceptors (Lipinski definition) is 3. The van der Waals surface area contributed by atoms with Crippen LogP contribution in [-0.4, -0.2) is 53.4 Å². The van der Waals surface area contributed by atoms with Crippen molar-refractivity contribution in [3.8, 4) is 0 Å². The molecule has 1 aromatic heterocycles. The van der Waals surface area contributed by atoms with Crippen LogP contribution in [0.3, 0.4) is 0 Å². The van der Waals surface area contributed by atoms with Crippen molar-refractivity contribution in [2.45, 2.75) is 46.2 Å². The summed E-state index contributed by atoms with van der Waals surface area (Å²) in [6.45, 7) is 11.4. The minimum atomic E-state index is 0. The Hall–Kier alpha value is -1.61. The first-order valence-electron chi connectivity index (χ1n) is 11.1. The van der Waals surface area contributed by atoms with Gasteiger partial charge in [0.25, 0.3) is 0 Å². The number of piperidine rings is 1. The van der Waals surface area contributed by atoms with Gasteiger partial charge < -0.3 is 15.5 Å². The fourth-order valence-electron chi connectivity index (χ4n) is 3.91. The second-order valence-corrected chi connectivity index (χ2v) is 7.83. The Morgan fingerprint density at radius 2 is 1.87 bits per heavy atom. The van der Waals surface area contributed by atoms with Gasteiger partial charge in [0, 0.05) is 25.5 Å². The second-order valence-electron chi connectivity index (χ2n) is 7.83. The van der Waals surface area contributed by atoms with Crippen molar-refractivity contribution >= 4 is 29.9 Å². The standard InChI is InChI=1S/C23H36N6.HI/c1-3-13-28-15-10-20(11-16-28)17-25-23(24-4-2)26-18-21-8-5-6-9-22(21)19-29-14-7-12-27-29;/h5-9,12,14,20H,3-4,10-11,13,15-19H2,1-2H3,(H2,24,25,26);1H. The maximum atomic E-state index is 4.86. The molecule has 0 unspecified atom stereocenters. The Kier molecular flexibility index (Phi) is 11.2. The zero-order valence-corrected chi connectivity index (χ0v) is 20.7. The molecule has 166 valence electrons. The highest BCUT2D eigenvalue weighted by Gasteiger charge is 2.18. The van der Waals surface area contributed by atoms with E-state index in [-0.39, 0.29) is 24.0 Å². The first-order chi connectivity index (χ1) is 14.3. The fourth-order valence-corrected chi connectivity index (χ4v) is 3.91. The predicted octanol–water partition coefficient (Wildman–Crippen LogP) is 3.73. The molecule has 2 aromatic rings. The fraction of sp³-hybridized carbons (Fsp3) is 0.565. The van der Waals surface area contributed by atoms with E-state index in [2.05, 4.69) is 58.7 Å². The van der Waals surface area contributed by atoms with Gasteiger partial charge in [0.1, 0.15) is 0 Å². The van der Waals surface area contributed by atoms with E-state index in [9.17, 15) is 0 Å². The average molecular weight is 524 g/mol. The van der Waals surface area contributed by atoms with Gasteiger partial charge in [-0.05, 0) is 68.9 Å². The van der Waals surface area contributed by atoms with E-state index in [0.717, 1.165) is 31.5 Å². The molecule has 1 aliphatic rings. The van der Waals surface area contributed by atoms with E-state index < -0.39 is 0 Å². The maximum absolute atomic E-state index is 4.86. The molecule has 0 atom stereocenters. The van der Waals surface area contributed by atoms with Gasteiger partial charge >= 0.3 is 0 Å². The molecule has 0 spiro atoms. The van der Waals surface area contributed by atoms with Gasteiger partial charge in [0.15, 0.2) is 5.96 Å². The van der Waals surface area contributed by atoms with Crippen LogP contribution in [0.1, 0.15) is 44.2 Å². The molecule has 7 heteroatoms. The molecular formula is C23H37IN6. The van der Waals surface area contributed by atoms with Crippen LogP contribution < -0.4 is 10.6 Å². The van der Waals surface area contributed by atoms with Gasteiger partial charge in [0.2, 0.25) is 0 Å². The molecule has 2 heterocycles. The highest BCUT2D eigenvalue weighted by molar-refractivity contribution is 14.0. The van der Waals surface area contributed by atoms with Crippen LogP contribution in [0.4, 0.5) is 0 Å². The largest absolute Gasteiger partial charge is 0.357 e. The van der Waals surface area contributed by atoms with E-state index >= 15 is 0 Å². The SMILES string of the molecule is CCCN1CCC(CNC(=NCc2ccccc2Cn2cccn2)NCC)CC1.I. The van der Waals surface area contributed by atoms with Gasteiger partial charge in [-0.2, -0.15) is 5.10 Å². The molecule has 0 radical (unpaired) electrons. The quantitative estimate of drug-likeness (QED) is 0.298. The maximum Gasteiger partial charge on any atom is 0.191 e. The number of aromatic nitrogens is 2. The van der Waals surface area contributed by atoms with Crippen LogP contribution in [-0.2, 0) is 13.1 Å². The summed E-state index contributed by atoms with van der Waals surface area (Å²) in [7, 11) is 0. The molecule has 0 bridgehead atoms. The van der Waals surface area contributed by atoms with Crippen molar-refractivity contribution in [2.75, 3.05) is 32.7 Å². The molecule has 2 N–H and O–H groups in total. The monoisotopic (exact) mass is 524 g/mol. The molecule has 0 saturated carbocycles. The van der Waals surface area contributed by atoms with Crippen molar-refractivity contribution in [1.82, 2.24) is 25.3 Å². The third kappa shape index (κ3) is 7.91. The summed E-state index contributed by atoms with van der Waals surface area (Å²) in [6.07, 6.45) is 7.62. The van der Waals surface area contributed by atoms with E-state index in [1.54, 1.807) is 0 Å². The normalized spacial score (nSPS) is 15.6. The van der Waals surface area contributed by atoms with Crippen molar-refractivity contribution < 1.29 is 0 Å². The number of benzene rings is 1. The third-order valence-electron chi connectivity index (χ3n) is 5.57. The summed E-state index contributed by atoms with van der Waals surface area (Å²) in [5, 5.41) is 11.3. The van der Waals surface area contributed by atoms with Crippen LogP contribution >= 0.6 is 24.0 Å². The Morgan fingerprint density at radius 1 is 1.10 bits per heavy atom. The third-order valence-corrected chi connectivity index (χ3v) is 5.57. The highest BCUT2D eigenvalue weighted by Crippen LogP contribution is 2.16. The van der Waals surface area contributed by atoms with Gasteiger partial charge in [-0.25, -0.2) is 4.99 Å². The molecule has 30 heavy (non-hydrogen) atoms. The van der Waals surface area contributed by atoms with Gasteiger partial charge in [-0.1, -0.05) is 31.2 Å². The topological polar surface area (TPSA) is 57.5 Å². The lowest BCUT2D eigenvalue weighted by molar-refractivity contribution is 0.185. The molecule has 1 aromatic carbocycles. The summed E-state index contributed by atoms with van der Waals surface area (Å²) in [5.74, 6) is 1.65. The van der Waals surface area contributed by atoms with Gasteiger partial charge in [-0.15, -0.1) is 24.0 Å². The summed E-state index contributed by atoms with van der Waals surface area (Å²) in [5.41, 5.74) is 2.51. The number of halogens is 1. The van der Waals surface area contributed by atoms with E-state index in [1.807, 2.05) is 23.1 Å². The molecular weight excluding hydrogens is 487 g/mol. The predicted molar refractivity (Wildman–Crippen MR) is 135 cm³/mol. The van der Waals surface area contributed by atoms with E-state index in [4.69, 9.17) is 4.99 Å². The summed E-state index contributed by atoms with van der Waals surface area (Å²) < 4.78 is 1.96. The lowest BCUT2D eigenvalue weighted by atomic mass is 9.97. The summed E-state index contributed by atoms with van der Waals surface area (Å²) in [4.78, 5) is 7.45. The Morgan fingerprint density at radius 3 is 2.53 bits per heavy atom. The van der Waals surface area contributed by atoms with Crippen molar-refractivity contribution in [3.63, 3.8) is 0 Å². The number of nitrogens with one attached hydrogen (secondary N) is 2. The van der Waals surface area contributed by atoms with Crippen LogP contribution in [0, 0.1) is 5.92 Å². The zero-order chi connectivity index (χ0) is 20.3. The van der Waals surface area contributed by atoms with Crippen LogP contribution in [0.2, 0.25) is 0 Å². The van der Waals surface area contributed by atoms with E-state index in [1.165, 1.54) is 50.0 Å². The lowest BCUT2D eigenvalue weighted by Crippen LogP contribution is -2.43. The summed E-state index contributed by atoms with van der Waals surface area (Å²) in [6, 6.07) is 10.5. The zero-order valence-electron chi connectivity index (χ0n) is 18.4. The summed E-state index contributed by atoms with van der Waals surface area (Å²) >= 11 is 0. The first kappa shape index (κ1) is 24.7. The highest BCUT2D eigenvalue weighted by atomic mass is 127. The Balaban J connectivity index is 0.00000320. The van der Waals surface area contributed by atoms with Gasteiger partial charge in [-0.3, -0.25) is 4.68 Å². The molecule has 1 fully saturated rings. The van der Waals surface area contributed by atoms with Gasteiger partial charge in [0.05, 0.1) is 13.1 Å². The van der Waals surface area contributed by atoms with Crippen LogP contribution in [0.5, 0.6) is 0 Å². The second kappa shape index (κ2) is 13.6. The van der Waals surface area contributed by atoms with Crippen molar-refractivity contribution in [2.24, 2.45) is 10.9 Å². The minimum absolute atomic E-state index is 0. The van der Waals surface area contributed by atoms with Crippen molar-refractivity contribution in [3.05, 3.63) is 53.9 Å². The number of guanidine groups is 1. The number of nitrogens with zero attached hydrogens (tertiary/aromatic N) is 4. The molecule has 1 aliphatic heterocycles.